The molecule has 3 aromatic rings. The van der Waals surface area contributed by atoms with E-state index in [1.165, 1.54) is 4.57 Å². The molecule has 0 bridgehead atoms. The molecule has 37 heavy (non-hydrogen) atoms. The van der Waals surface area contributed by atoms with Gasteiger partial charge in [0.1, 0.15) is 5.75 Å². The first-order chi connectivity index (χ1) is 17.7. The molecule has 1 aliphatic carbocycles. The number of aliphatic imine (C=N–C) groups is 1. The van der Waals surface area contributed by atoms with Crippen molar-refractivity contribution in [3.05, 3.63) is 84.6 Å². The second kappa shape index (κ2) is 11.7. The third-order valence-electron chi connectivity index (χ3n) is 6.27. The summed E-state index contributed by atoms with van der Waals surface area (Å²) < 4.78 is 7.74. The summed E-state index contributed by atoms with van der Waals surface area (Å²) in [4.78, 5) is 35.4. The minimum Gasteiger partial charge on any atom is -0.497 e. The lowest BCUT2D eigenvalue weighted by Crippen LogP contribution is -2.46. The van der Waals surface area contributed by atoms with E-state index in [1.807, 2.05) is 12.1 Å². The lowest BCUT2D eigenvalue weighted by atomic mass is 9.91. The molecular formula is C25H29Cl2N7O3. The Morgan fingerprint density at radius 1 is 1.03 bits per heavy atom. The summed E-state index contributed by atoms with van der Waals surface area (Å²) in [5.41, 5.74) is 11.5. The Hall–Kier alpha value is -3.50. The third kappa shape index (κ3) is 6.64. The smallest absolute Gasteiger partial charge is 0.355 e. The van der Waals surface area contributed by atoms with Crippen LogP contribution >= 0.6 is 23.2 Å². The van der Waals surface area contributed by atoms with Gasteiger partial charge in [-0.15, -0.1) is 0 Å². The van der Waals surface area contributed by atoms with E-state index in [0.717, 1.165) is 35.8 Å². The van der Waals surface area contributed by atoms with Crippen molar-refractivity contribution in [2.24, 2.45) is 16.5 Å². The molecule has 196 valence electrons. The van der Waals surface area contributed by atoms with Crippen LogP contribution in [0.4, 0.5) is 5.95 Å². The van der Waals surface area contributed by atoms with Gasteiger partial charge in [-0.2, -0.15) is 4.98 Å². The number of nitrogens with zero attached hydrogens (tertiary/aromatic N) is 4. The monoisotopic (exact) mass is 545 g/mol. The van der Waals surface area contributed by atoms with Crippen molar-refractivity contribution in [1.82, 2.24) is 14.1 Å². The zero-order chi connectivity index (χ0) is 26.5. The highest BCUT2D eigenvalue weighted by Gasteiger charge is 2.27. The molecule has 1 aromatic heterocycles. The molecule has 2 atom stereocenters. The largest absolute Gasteiger partial charge is 0.497 e. The van der Waals surface area contributed by atoms with Crippen LogP contribution in [0.15, 0.2) is 57.0 Å². The van der Waals surface area contributed by atoms with Gasteiger partial charge in [0.15, 0.2) is 5.96 Å². The summed E-state index contributed by atoms with van der Waals surface area (Å²) >= 11 is 12.2. The fourth-order valence-corrected chi connectivity index (χ4v) is 5.08. The van der Waals surface area contributed by atoms with Crippen molar-refractivity contribution < 1.29 is 4.74 Å². The SMILES string of the molecule is COc1ccc(Cn2c(NC3CCCCC3N=C(N)N)nc(=O)n(Cc3cc(Cl)cc(Cl)c3)c2=O)cc1. The highest BCUT2D eigenvalue weighted by atomic mass is 35.5. The van der Waals surface area contributed by atoms with Crippen LogP contribution in [0, 0.1) is 0 Å². The predicted octanol–water partition coefficient (Wildman–Crippen LogP) is 2.81. The maximum atomic E-state index is 13.7. The molecular weight excluding hydrogens is 517 g/mol. The Bertz CT molecular complexity index is 1380. The molecule has 0 amide bonds. The average molecular weight is 546 g/mol. The van der Waals surface area contributed by atoms with Crippen molar-refractivity contribution in [1.29, 1.82) is 0 Å². The molecule has 1 fully saturated rings. The minimum absolute atomic E-state index is 0.00196. The molecule has 2 unspecified atom stereocenters. The average Bonchev–Trinajstić information content (AvgIpc) is 2.85. The van der Waals surface area contributed by atoms with E-state index in [4.69, 9.17) is 39.4 Å². The number of benzene rings is 2. The van der Waals surface area contributed by atoms with Gasteiger partial charge in [0.05, 0.1) is 32.3 Å². The van der Waals surface area contributed by atoms with Crippen LogP contribution in [0.2, 0.25) is 10.0 Å². The summed E-state index contributed by atoms with van der Waals surface area (Å²) in [6.45, 7) is 0.141. The molecule has 5 N–H and O–H groups in total. The minimum atomic E-state index is -0.691. The molecule has 1 saturated carbocycles. The van der Waals surface area contributed by atoms with Crippen LogP contribution in [0.25, 0.3) is 0 Å². The lowest BCUT2D eigenvalue weighted by molar-refractivity contribution is 0.401. The fourth-order valence-electron chi connectivity index (χ4n) is 4.51. The van der Waals surface area contributed by atoms with E-state index in [-0.39, 0.29) is 37.1 Å². The maximum Gasteiger partial charge on any atom is 0.355 e. The number of nitrogens with one attached hydrogen (secondary N) is 1. The van der Waals surface area contributed by atoms with E-state index in [0.29, 0.717) is 21.4 Å². The van der Waals surface area contributed by atoms with Gasteiger partial charge < -0.3 is 21.5 Å². The molecule has 4 rings (SSSR count). The second-order valence-electron chi connectivity index (χ2n) is 8.96. The summed E-state index contributed by atoms with van der Waals surface area (Å²) in [6, 6.07) is 11.8. The van der Waals surface area contributed by atoms with Gasteiger partial charge in [-0.05, 0) is 54.3 Å². The van der Waals surface area contributed by atoms with Crippen LogP contribution in [-0.4, -0.2) is 39.3 Å². The van der Waals surface area contributed by atoms with Gasteiger partial charge in [0, 0.05) is 10.0 Å². The normalized spacial score (nSPS) is 17.3. The fraction of sp³-hybridized carbons (Fsp3) is 0.360. The van der Waals surface area contributed by atoms with Gasteiger partial charge in [-0.1, -0.05) is 48.2 Å². The molecule has 12 heteroatoms. The number of halogens is 2. The van der Waals surface area contributed by atoms with E-state index in [9.17, 15) is 9.59 Å². The third-order valence-corrected chi connectivity index (χ3v) is 6.71. The number of rotatable bonds is 8. The predicted molar refractivity (Wildman–Crippen MR) is 146 cm³/mol. The van der Waals surface area contributed by atoms with Crippen LogP contribution in [0.3, 0.4) is 0 Å². The van der Waals surface area contributed by atoms with Crippen molar-refractivity contribution in [3.63, 3.8) is 0 Å². The summed E-state index contributed by atoms with van der Waals surface area (Å²) in [6.07, 6.45) is 3.49. The van der Waals surface area contributed by atoms with Crippen molar-refractivity contribution in [3.8, 4) is 5.75 Å². The number of methoxy groups -OCH3 is 1. The Kier molecular flexibility index (Phi) is 8.40. The van der Waals surface area contributed by atoms with Gasteiger partial charge in [0.2, 0.25) is 5.95 Å². The highest BCUT2D eigenvalue weighted by Crippen LogP contribution is 2.24. The van der Waals surface area contributed by atoms with Gasteiger partial charge in [-0.3, -0.25) is 4.57 Å². The molecule has 0 spiro atoms. The summed E-state index contributed by atoms with van der Waals surface area (Å²) in [5, 5.41) is 4.10. The number of aromatic nitrogens is 3. The van der Waals surface area contributed by atoms with Crippen molar-refractivity contribution in [2.75, 3.05) is 12.4 Å². The highest BCUT2D eigenvalue weighted by molar-refractivity contribution is 6.34. The Balaban J connectivity index is 1.76. The first-order valence-electron chi connectivity index (χ1n) is 11.9. The number of anilines is 1. The number of ether oxygens (including phenoxy) is 1. The van der Waals surface area contributed by atoms with E-state index < -0.39 is 11.4 Å². The van der Waals surface area contributed by atoms with Crippen LogP contribution in [-0.2, 0) is 13.1 Å². The molecule has 10 nitrogen and oxygen atoms in total. The first-order valence-corrected chi connectivity index (χ1v) is 12.6. The zero-order valence-corrected chi connectivity index (χ0v) is 21.9. The van der Waals surface area contributed by atoms with E-state index >= 15 is 0 Å². The Morgan fingerprint density at radius 2 is 1.68 bits per heavy atom. The molecule has 0 saturated heterocycles. The topological polar surface area (TPSA) is 143 Å². The molecule has 1 heterocycles. The van der Waals surface area contributed by atoms with Crippen LogP contribution < -0.4 is 32.9 Å². The standard InChI is InChI=1S/C25H29Cl2N7O3/c1-37-19-8-6-15(7-9-19)13-33-23(31-21-5-3-2-4-20(21)30-22(28)29)32-24(35)34(25(33)36)14-16-10-17(26)12-18(27)11-16/h6-12,20-21H,2-5,13-14H2,1H3,(H4,28,29,30)(H,31,32,35). The molecule has 1 aliphatic rings. The van der Waals surface area contributed by atoms with Gasteiger partial charge in [0.25, 0.3) is 0 Å². The lowest BCUT2D eigenvalue weighted by Gasteiger charge is -2.30. The molecule has 0 aliphatic heterocycles. The van der Waals surface area contributed by atoms with Gasteiger partial charge in [-0.25, -0.2) is 19.1 Å². The number of guanidine groups is 1. The summed E-state index contributed by atoms with van der Waals surface area (Å²) in [7, 11) is 1.58. The number of hydrogen-bond acceptors (Lipinski definition) is 6. The van der Waals surface area contributed by atoms with E-state index in [2.05, 4.69) is 15.3 Å². The zero-order valence-electron chi connectivity index (χ0n) is 20.4. The number of nitrogens with two attached hydrogens (primary N) is 2. The maximum absolute atomic E-state index is 13.7. The van der Waals surface area contributed by atoms with Gasteiger partial charge >= 0.3 is 11.4 Å². The van der Waals surface area contributed by atoms with Crippen LogP contribution in [0.5, 0.6) is 5.75 Å². The van der Waals surface area contributed by atoms with Crippen LogP contribution in [0.1, 0.15) is 36.8 Å². The summed E-state index contributed by atoms with van der Waals surface area (Å²) in [5.74, 6) is 0.851. The number of hydrogen-bond donors (Lipinski definition) is 3. The first kappa shape index (κ1) is 26.6. The van der Waals surface area contributed by atoms with E-state index in [1.54, 1.807) is 37.4 Å². The second-order valence-corrected chi connectivity index (χ2v) is 9.83. The Morgan fingerprint density at radius 3 is 2.32 bits per heavy atom. The van der Waals surface area contributed by atoms with Crippen molar-refractivity contribution >= 4 is 35.1 Å². The quantitative estimate of drug-likeness (QED) is 0.291. The molecule has 2 aromatic carbocycles. The molecule has 0 radical (unpaired) electrons. The van der Waals surface area contributed by atoms with Crippen molar-refractivity contribution in [2.45, 2.75) is 50.9 Å². The Labute approximate surface area is 223 Å².